The highest BCUT2D eigenvalue weighted by Gasteiger charge is 2.29. The van der Waals surface area contributed by atoms with Crippen molar-refractivity contribution < 1.29 is 19.1 Å². The van der Waals surface area contributed by atoms with Crippen molar-refractivity contribution in [3.63, 3.8) is 0 Å². The molecule has 0 aliphatic carbocycles. The Morgan fingerprint density at radius 2 is 1.63 bits per heavy atom. The Kier molecular flexibility index (Phi) is 7.43. The average Bonchev–Trinajstić information content (AvgIpc) is 2.63. The molecule has 0 aliphatic heterocycles. The fourth-order valence-electron chi connectivity index (χ4n) is 3.17. The summed E-state index contributed by atoms with van der Waals surface area (Å²) in [6, 6.07) is 11.8. The molecule has 2 rings (SSSR count). The van der Waals surface area contributed by atoms with Crippen molar-refractivity contribution in [3.8, 4) is 0 Å². The second kappa shape index (κ2) is 9.61. The summed E-state index contributed by atoms with van der Waals surface area (Å²) in [5.74, 6) is -1.31. The minimum absolute atomic E-state index is 0.189. The average molecular weight is 414 g/mol. The normalized spacial score (nSPS) is 13.5. The molecule has 0 heterocycles. The van der Waals surface area contributed by atoms with Crippen molar-refractivity contribution >= 4 is 28.7 Å². The van der Waals surface area contributed by atoms with Gasteiger partial charge < -0.3 is 21.1 Å². The Morgan fingerprint density at radius 1 is 1.00 bits per heavy atom. The molecule has 0 aromatic heterocycles. The highest BCUT2D eigenvalue weighted by atomic mass is 16.6. The molecule has 0 aliphatic rings. The summed E-state index contributed by atoms with van der Waals surface area (Å²) in [5.41, 5.74) is 5.61. The minimum atomic E-state index is -0.939. The number of nitrogens with one attached hydrogen (secondary N) is 2. The molecule has 2 atom stereocenters. The summed E-state index contributed by atoms with van der Waals surface area (Å²) in [4.78, 5) is 37.1. The second-order valence-corrected chi connectivity index (χ2v) is 8.67. The fourth-order valence-corrected chi connectivity index (χ4v) is 3.17. The molecule has 162 valence electrons. The number of primary amides is 1. The predicted octanol–water partition coefficient (Wildman–Crippen LogP) is 2.90. The van der Waals surface area contributed by atoms with Gasteiger partial charge >= 0.3 is 6.09 Å². The van der Waals surface area contributed by atoms with Gasteiger partial charge in [0, 0.05) is 6.42 Å². The first-order chi connectivity index (χ1) is 14.0. The van der Waals surface area contributed by atoms with E-state index in [0.29, 0.717) is 0 Å². The Labute approximate surface area is 177 Å². The maximum absolute atomic E-state index is 13.0. The van der Waals surface area contributed by atoms with Crippen LogP contribution >= 0.6 is 0 Å². The molecule has 0 radical (unpaired) electrons. The van der Waals surface area contributed by atoms with Gasteiger partial charge in [0.15, 0.2) is 0 Å². The third kappa shape index (κ3) is 6.47. The number of ether oxygens (including phenoxy) is 1. The number of nitrogens with two attached hydrogens (primary N) is 1. The van der Waals surface area contributed by atoms with Crippen LogP contribution in [0.3, 0.4) is 0 Å². The molecular weight excluding hydrogens is 382 g/mol. The first-order valence-electron chi connectivity index (χ1n) is 10.0. The lowest BCUT2D eigenvalue weighted by Gasteiger charge is -2.26. The SMILES string of the molecule is CC(C)[C@H](NC(=O)C(Cc1cccc2ccccc12)NC(=O)OC(C)(C)C)C(N)=O. The molecule has 0 saturated heterocycles. The minimum Gasteiger partial charge on any atom is -0.444 e. The van der Waals surface area contributed by atoms with Gasteiger partial charge in [-0.25, -0.2) is 4.79 Å². The molecule has 0 bridgehead atoms. The first-order valence-corrected chi connectivity index (χ1v) is 10.0. The molecule has 30 heavy (non-hydrogen) atoms. The number of carbonyl (C=O) groups is 3. The summed E-state index contributed by atoms with van der Waals surface area (Å²) in [5, 5.41) is 7.33. The van der Waals surface area contributed by atoms with Gasteiger partial charge in [-0.15, -0.1) is 0 Å². The number of carbonyl (C=O) groups excluding carboxylic acids is 3. The predicted molar refractivity (Wildman–Crippen MR) is 117 cm³/mol. The second-order valence-electron chi connectivity index (χ2n) is 8.67. The van der Waals surface area contributed by atoms with Crippen LogP contribution in [0.25, 0.3) is 10.8 Å². The number of alkyl carbamates (subject to hydrolysis) is 1. The monoisotopic (exact) mass is 413 g/mol. The lowest BCUT2D eigenvalue weighted by Crippen LogP contribution is -2.55. The molecule has 1 unspecified atom stereocenters. The van der Waals surface area contributed by atoms with Crippen molar-refractivity contribution in [1.29, 1.82) is 0 Å². The summed E-state index contributed by atoms with van der Waals surface area (Å²) >= 11 is 0. The third-order valence-corrected chi connectivity index (χ3v) is 4.58. The largest absolute Gasteiger partial charge is 0.444 e. The smallest absolute Gasteiger partial charge is 0.408 e. The van der Waals surface area contributed by atoms with Crippen LogP contribution in [0.5, 0.6) is 0 Å². The molecular formula is C23H31N3O4. The van der Waals surface area contributed by atoms with E-state index in [0.717, 1.165) is 16.3 Å². The standard InChI is InChI=1S/C23H31N3O4/c1-14(2)19(20(24)27)26-21(28)18(25-22(29)30-23(3,4)5)13-16-11-8-10-15-9-6-7-12-17(15)16/h6-12,14,18-19H,13H2,1-5H3,(H2,24,27)(H,25,29)(H,26,28)/t18?,19-/m0/s1. The zero-order valence-corrected chi connectivity index (χ0v) is 18.2. The van der Waals surface area contributed by atoms with E-state index in [-0.39, 0.29) is 12.3 Å². The van der Waals surface area contributed by atoms with Crippen LogP contribution in [-0.4, -0.2) is 35.6 Å². The van der Waals surface area contributed by atoms with Gasteiger partial charge in [-0.3, -0.25) is 9.59 Å². The summed E-state index contributed by atoms with van der Waals surface area (Å²) in [6.45, 7) is 8.81. The number of fused-ring (bicyclic) bond motifs is 1. The molecule has 2 aromatic carbocycles. The van der Waals surface area contributed by atoms with E-state index in [1.54, 1.807) is 34.6 Å². The Bertz CT molecular complexity index is 913. The molecule has 7 nitrogen and oxygen atoms in total. The molecule has 4 N–H and O–H groups in total. The van der Waals surface area contributed by atoms with Gasteiger partial charge in [0.05, 0.1) is 0 Å². The quantitative estimate of drug-likeness (QED) is 0.648. The van der Waals surface area contributed by atoms with Crippen LogP contribution in [0.4, 0.5) is 4.79 Å². The lowest BCUT2D eigenvalue weighted by molar-refractivity contribution is -0.129. The number of hydrogen-bond donors (Lipinski definition) is 3. The zero-order valence-electron chi connectivity index (χ0n) is 18.2. The van der Waals surface area contributed by atoms with Crippen LogP contribution in [0.15, 0.2) is 42.5 Å². The van der Waals surface area contributed by atoms with Gasteiger partial charge in [0.1, 0.15) is 17.7 Å². The van der Waals surface area contributed by atoms with Crippen molar-refractivity contribution in [1.82, 2.24) is 10.6 Å². The molecule has 0 fully saturated rings. The lowest BCUT2D eigenvalue weighted by atomic mass is 9.97. The van der Waals surface area contributed by atoms with E-state index >= 15 is 0 Å². The Morgan fingerprint density at radius 3 is 2.23 bits per heavy atom. The zero-order chi connectivity index (χ0) is 22.5. The van der Waals surface area contributed by atoms with E-state index in [4.69, 9.17) is 10.5 Å². The van der Waals surface area contributed by atoms with Crippen molar-refractivity contribution in [2.75, 3.05) is 0 Å². The summed E-state index contributed by atoms with van der Waals surface area (Å²) in [6.07, 6.45) is -0.473. The summed E-state index contributed by atoms with van der Waals surface area (Å²) in [7, 11) is 0. The molecule has 7 heteroatoms. The molecule has 3 amide bonds. The maximum atomic E-state index is 13.0. The maximum Gasteiger partial charge on any atom is 0.408 e. The number of rotatable bonds is 7. The van der Waals surface area contributed by atoms with Crippen LogP contribution in [0.1, 0.15) is 40.2 Å². The Balaban J connectivity index is 2.31. The van der Waals surface area contributed by atoms with Gasteiger partial charge in [-0.2, -0.15) is 0 Å². The highest BCUT2D eigenvalue weighted by Crippen LogP contribution is 2.20. The van der Waals surface area contributed by atoms with Crippen LogP contribution < -0.4 is 16.4 Å². The van der Waals surface area contributed by atoms with Gasteiger partial charge in [-0.05, 0) is 43.0 Å². The van der Waals surface area contributed by atoms with E-state index in [2.05, 4.69) is 10.6 Å². The summed E-state index contributed by atoms with van der Waals surface area (Å²) < 4.78 is 5.32. The van der Waals surface area contributed by atoms with Crippen LogP contribution in [-0.2, 0) is 20.7 Å². The van der Waals surface area contributed by atoms with Gasteiger partial charge in [0.25, 0.3) is 0 Å². The fraction of sp³-hybridized carbons (Fsp3) is 0.435. The number of hydrogen-bond acceptors (Lipinski definition) is 4. The topological polar surface area (TPSA) is 111 Å². The number of amides is 3. The molecule has 2 aromatic rings. The van der Waals surface area contributed by atoms with Crippen molar-refractivity contribution in [2.24, 2.45) is 11.7 Å². The van der Waals surface area contributed by atoms with Gasteiger partial charge in [-0.1, -0.05) is 56.3 Å². The van der Waals surface area contributed by atoms with Crippen molar-refractivity contribution in [3.05, 3.63) is 48.0 Å². The molecule has 0 spiro atoms. The Hall–Kier alpha value is -3.09. The van der Waals surface area contributed by atoms with E-state index < -0.39 is 35.6 Å². The van der Waals surface area contributed by atoms with Crippen LogP contribution in [0, 0.1) is 5.92 Å². The van der Waals surface area contributed by atoms with E-state index in [9.17, 15) is 14.4 Å². The van der Waals surface area contributed by atoms with E-state index in [1.165, 1.54) is 0 Å². The first kappa shape index (κ1) is 23.2. The third-order valence-electron chi connectivity index (χ3n) is 4.58. The highest BCUT2D eigenvalue weighted by molar-refractivity contribution is 5.92. The van der Waals surface area contributed by atoms with Gasteiger partial charge in [0.2, 0.25) is 11.8 Å². The van der Waals surface area contributed by atoms with Crippen molar-refractivity contribution in [2.45, 2.75) is 58.7 Å². The van der Waals surface area contributed by atoms with E-state index in [1.807, 2.05) is 42.5 Å². The number of benzene rings is 2. The molecule has 0 saturated carbocycles. The van der Waals surface area contributed by atoms with Crippen LogP contribution in [0.2, 0.25) is 0 Å².